The Labute approximate surface area is 135 Å². The van der Waals surface area contributed by atoms with Gasteiger partial charge in [0.2, 0.25) is 0 Å². The van der Waals surface area contributed by atoms with Crippen LogP contribution in [0.1, 0.15) is 50.9 Å². The normalized spacial score (nSPS) is 20.9. The van der Waals surface area contributed by atoms with E-state index in [1.165, 1.54) is 0 Å². The second-order valence-electron chi connectivity index (χ2n) is 7.51. The molecule has 4 nitrogen and oxygen atoms in total. The van der Waals surface area contributed by atoms with E-state index < -0.39 is 0 Å². The van der Waals surface area contributed by atoms with Crippen molar-refractivity contribution in [1.29, 1.82) is 0 Å². The molecule has 0 radical (unpaired) electrons. The molecule has 2 heterocycles. The highest BCUT2D eigenvalue weighted by Gasteiger charge is 2.38. The number of carbonyl (C=O) groups excluding carboxylic acids is 1. The number of hydrogen-bond acceptors (Lipinski definition) is 4. The van der Waals surface area contributed by atoms with Crippen molar-refractivity contribution in [2.45, 2.75) is 57.7 Å². The summed E-state index contributed by atoms with van der Waals surface area (Å²) in [7, 11) is 0. The summed E-state index contributed by atoms with van der Waals surface area (Å²) in [6.45, 7) is 8.76. The minimum absolute atomic E-state index is 0.00815. The standard InChI is InChI=1S/C17H23N3OS/c1-16(2)8-12(9-17(3,4)20-16)19-15(21)11-5-6-13-14(7-11)22-10-18-13/h5-7,10,12,20H,8-9H2,1-4H3,(H,19,21). The van der Waals surface area contributed by atoms with Crippen LogP contribution in [0.2, 0.25) is 0 Å². The average Bonchev–Trinajstić information content (AvgIpc) is 2.81. The monoisotopic (exact) mass is 317 g/mol. The van der Waals surface area contributed by atoms with Crippen molar-refractivity contribution in [2.75, 3.05) is 0 Å². The van der Waals surface area contributed by atoms with Crippen LogP contribution in [0.25, 0.3) is 10.2 Å². The van der Waals surface area contributed by atoms with Gasteiger partial charge in [0.25, 0.3) is 5.91 Å². The summed E-state index contributed by atoms with van der Waals surface area (Å²) < 4.78 is 1.05. The van der Waals surface area contributed by atoms with Crippen LogP contribution in [-0.4, -0.2) is 28.0 Å². The van der Waals surface area contributed by atoms with E-state index in [1.54, 1.807) is 11.3 Å². The van der Waals surface area contributed by atoms with Crippen molar-refractivity contribution < 1.29 is 4.79 Å². The molecule has 3 rings (SSSR count). The van der Waals surface area contributed by atoms with Gasteiger partial charge in [-0.15, -0.1) is 11.3 Å². The minimum atomic E-state index is 0.00815. The van der Waals surface area contributed by atoms with Gasteiger partial charge in [-0.3, -0.25) is 4.79 Å². The summed E-state index contributed by atoms with van der Waals surface area (Å²) in [5, 5.41) is 6.85. The lowest BCUT2D eigenvalue weighted by Crippen LogP contribution is -2.62. The molecule has 1 aliphatic rings. The number of amides is 1. The van der Waals surface area contributed by atoms with E-state index in [1.807, 2.05) is 23.7 Å². The van der Waals surface area contributed by atoms with E-state index in [0.717, 1.165) is 23.1 Å². The maximum absolute atomic E-state index is 12.6. The van der Waals surface area contributed by atoms with Gasteiger partial charge in [0.05, 0.1) is 15.7 Å². The SMILES string of the molecule is CC1(C)CC(NC(=O)c2ccc3ncsc3c2)CC(C)(C)N1. The molecule has 0 saturated carbocycles. The first-order valence-corrected chi connectivity index (χ1v) is 8.56. The number of nitrogens with one attached hydrogen (secondary N) is 2. The lowest BCUT2D eigenvalue weighted by molar-refractivity contribution is 0.0873. The molecule has 0 atom stereocenters. The zero-order valence-electron chi connectivity index (χ0n) is 13.6. The first-order chi connectivity index (χ1) is 10.2. The number of piperidine rings is 1. The van der Waals surface area contributed by atoms with Gasteiger partial charge in [-0.2, -0.15) is 0 Å². The Morgan fingerprint density at radius 2 is 1.95 bits per heavy atom. The average molecular weight is 317 g/mol. The Hall–Kier alpha value is -1.46. The smallest absolute Gasteiger partial charge is 0.251 e. The fourth-order valence-corrected chi connectivity index (χ4v) is 4.41. The van der Waals surface area contributed by atoms with Crippen molar-refractivity contribution in [2.24, 2.45) is 0 Å². The molecular formula is C17H23N3OS. The number of hydrogen-bond donors (Lipinski definition) is 2. The van der Waals surface area contributed by atoms with Gasteiger partial charge in [0.15, 0.2) is 0 Å². The Bertz CT molecular complexity index is 689. The quantitative estimate of drug-likeness (QED) is 0.893. The van der Waals surface area contributed by atoms with E-state index in [2.05, 4.69) is 43.3 Å². The highest BCUT2D eigenvalue weighted by atomic mass is 32.1. The first kappa shape index (κ1) is 15.4. The Morgan fingerprint density at radius 1 is 1.27 bits per heavy atom. The van der Waals surface area contributed by atoms with Gasteiger partial charge < -0.3 is 10.6 Å². The highest BCUT2D eigenvalue weighted by molar-refractivity contribution is 7.16. The molecule has 22 heavy (non-hydrogen) atoms. The molecule has 0 aliphatic carbocycles. The number of benzene rings is 1. The van der Waals surface area contributed by atoms with Crippen LogP contribution >= 0.6 is 11.3 Å². The largest absolute Gasteiger partial charge is 0.349 e. The number of fused-ring (bicyclic) bond motifs is 1. The predicted molar refractivity (Wildman–Crippen MR) is 91.4 cm³/mol. The van der Waals surface area contributed by atoms with Crippen LogP contribution in [-0.2, 0) is 0 Å². The molecule has 2 aromatic rings. The van der Waals surface area contributed by atoms with Crippen LogP contribution in [0, 0.1) is 0 Å². The van der Waals surface area contributed by atoms with E-state index in [4.69, 9.17) is 0 Å². The minimum Gasteiger partial charge on any atom is -0.349 e. The summed E-state index contributed by atoms with van der Waals surface area (Å²) >= 11 is 1.56. The van der Waals surface area contributed by atoms with Crippen LogP contribution in [0.15, 0.2) is 23.7 Å². The second kappa shape index (κ2) is 5.32. The van der Waals surface area contributed by atoms with E-state index in [9.17, 15) is 4.79 Å². The Morgan fingerprint density at radius 3 is 2.64 bits per heavy atom. The van der Waals surface area contributed by atoms with Crippen molar-refractivity contribution in [3.63, 3.8) is 0 Å². The Kier molecular flexibility index (Phi) is 3.73. The summed E-state index contributed by atoms with van der Waals surface area (Å²) in [4.78, 5) is 16.8. The number of thiazole rings is 1. The molecule has 2 N–H and O–H groups in total. The molecular weight excluding hydrogens is 294 g/mol. The highest BCUT2D eigenvalue weighted by Crippen LogP contribution is 2.29. The zero-order chi connectivity index (χ0) is 16.0. The molecule has 1 saturated heterocycles. The third kappa shape index (κ3) is 3.31. The predicted octanol–water partition coefficient (Wildman–Crippen LogP) is 3.34. The third-order valence-electron chi connectivity index (χ3n) is 4.12. The van der Waals surface area contributed by atoms with Gasteiger partial charge in [0.1, 0.15) is 0 Å². The van der Waals surface area contributed by atoms with Gasteiger partial charge in [0, 0.05) is 22.7 Å². The summed E-state index contributed by atoms with van der Waals surface area (Å²) in [5.41, 5.74) is 3.53. The molecule has 0 spiro atoms. The topological polar surface area (TPSA) is 54.0 Å². The zero-order valence-corrected chi connectivity index (χ0v) is 14.4. The van der Waals surface area contributed by atoms with Crippen LogP contribution in [0.5, 0.6) is 0 Å². The van der Waals surface area contributed by atoms with Crippen LogP contribution < -0.4 is 10.6 Å². The van der Waals surface area contributed by atoms with E-state index in [0.29, 0.717) is 5.56 Å². The molecule has 118 valence electrons. The van der Waals surface area contributed by atoms with Gasteiger partial charge in [-0.1, -0.05) is 0 Å². The van der Waals surface area contributed by atoms with E-state index >= 15 is 0 Å². The molecule has 1 aliphatic heterocycles. The van der Waals surface area contributed by atoms with Gasteiger partial charge in [-0.25, -0.2) is 4.98 Å². The van der Waals surface area contributed by atoms with Crippen LogP contribution in [0.4, 0.5) is 0 Å². The number of aromatic nitrogens is 1. The fourth-order valence-electron chi connectivity index (χ4n) is 3.69. The second-order valence-corrected chi connectivity index (χ2v) is 8.39. The summed E-state index contributed by atoms with van der Waals surface area (Å²) in [6, 6.07) is 5.89. The molecule has 5 heteroatoms. The number of rotatable bonds is 2. The number of carbonyl (C=O) groups is 1. The van der Waals surface area contributed by atoms with Crippen molar-refractivity contribution in [3.05, 3.63) is 29.3 Å². The third-order valence-corrected chi connectivity index (χ3v) is 4.91. The van der Waals surface area contributed by atoms with Crippen molar-refractivity contribution in [3.8, 4) is 0 Å². The molecule has 1 aromatic heterocycles. The fraction of sp³-hybridized carbons (Fsp3) is 0.529. The number of nitrogens with zero attached hydrogens (tertiary/aromatic N) is 1. The maximum Gasteiger partial charge on any atom is 0.251 e. The molecule has 0 unspecified atom stereocenters. The molecule has 0 bridgehead atoms. The summed E-state index contributed by atoms with van der Waals surface area (Å²) in [5.74, 6) is 0.00815. The van der Waals surface area contributed by atoms with E-state index in [-0.39, 0.29) is 23.0 Å². The summed E-state index contributed by atoms with van der Waals surface area (Å²) in [6.07, 6.45) is 1.87. The van der Waals surface area contributed by atoms with Gasteiger partial charge >= 0.3 is 0 Å². The molecule has 1 amide bonds. The first-order valence-electron chi connectivity index (χ1n) is 7.68. The maximum atomic E-state index is 12.6. The lowest BCUT2D eigenvalue weighted by Gasteiger charge is -2.46. The molecule has 1 aromatic carbocycles. The lowest BCUT2D eigenvalue weighted by atomic mass is 9.79. The Balaban J connectivity index is 1.75. The molecule has 1 fully saturated rings. The van der Waals surface area contributed by atoms with Crippen molar-refractivity contribution >= 4 is 27.5 Å². The van der Waals surface area contributed by atoms with Crippen LogP contribution in [0.3, 0.4) is 0 Å². The van der Waals surface area contributed by atoms with Gasteiger partial charge in [-0.05, 0) is 58.7 Å². The van der Waals surface area contributed by atoms with Crippen molar-refractivity contribution in [1.82, 2.24) is 15.6 Å².